The van der Waals surface area contributed by atoms with E-state index in [1.54, 1.807) is 17.5 Å². The Hall–Kier alpha value is -2.61. The monoisotopic (exact) mass is 277 g/mol. The minimum Gasteiger partial charge on any atom is -0.286 e. The van der Waals surface area contributed by atoms with Gasteiger partial charge in [0.2, 0.25) is 5.69 Å². The highest BCUT2D eigenvalue weighted by molar-refractivity contribution is 7.12. The van der Waals surface area contributed by atoms with Crippen molar-refractivity contribution >= 4 is 28.8 Å². The number of carbonyl (C=O) groups is 2. The predicted octanol–water partition coefficient (Wildman–Crippen LogP) is 1.62. The van der Waals surface area contributed by atoms with Gasteiger partial charge >= 0.3 is 5.69 Å². The number of carbonyl (C=O) groups excluding carboxylic acids is 2. The van der Waals surface area contributed by atoms with Crippen LogP contribution >= 0.6 is 11.3 Å². The van der Waals surface area contributed by atoms with Crippen LogP contribution in [0.25, 0.3) is 0 Å². The molecule has 2 aromatic heterocycles. The summed E-state index contributed by atoms with van der Waals surface area (Å²) in [5, 5.41) is 14.5. The van der Waals surface area contributed by atoms with Gasteiger partial charge in [0.1, 0.15) is 0 Å². The molecule has 2 aromatic rings. The molecule has 19 heavy (non-hydrogen) atoms. The summed E-state index contributed by atoms with van der Waals surface area (Å²) >= 11 is 1.16. The lowest BCUT2D eigenvalue weighted by Gasteiger charge is -2.02. The van der Waals surface area contributed by atoms with Crippen molar-refractivity contribution in [1.29, 1.82) is 0 Å². The maximum Gasteiger partial charge on any atom is 0.300 e. The molecule has 2 heterocycles. The fourth-order valence-electron chi connectivity index (χ4n) is 1.35. The van der Waals surface area contributed by atoms with Crippen molar-refractivity contribution in [3.63, 3.8) is 0 Å². The Morgan fingerprint density at radius 3 is 2.68 bits per heavy atom. The Balaban J connectivity index is 2.21. The Morgan fingerprint density at radius 1 is 1.26 bits per heavy atom. The van der Waals surface area contributed by atoms with E-state index in [0.717, 1.165) is 17.4 Å². The van der Waals surface area contributed by atoms with Crippen molar-refractivity contribution in [2.75, 3.05) is 0 Å². The molecule has 1 N–H and O–H groups in total. The molecule has 2 amide bonds. The molecule has 0 spiro atoms. The number of nitrogens with zero attached hydrogens (tertiary/aromatic N) is 2. The molecule has 0 atom stereocenters. The first kappa shape index (κ1) is 12.8. The third-order valence-corrected chi connectivity index (χ3v) is 3.04. The van der Waals surface area contributed by atoms with Gasteiger partial charge in [0.05, 0.1) is 9.80 Å². The van der Waals surface area contributed by atoms with Crippen molar-refractivity contribution in [2.45, 2.75) is 0 Å². The number of pyridine rings is 1. The summed E-state index contributed by atoms with van der Waals surface area (Å²) in [4.78, 5) is 37.4. The number of rotatable bonds is 3. The lowest BCUT2D eigenvalue weighted by molar-refractivity contribution is -0.385. The third-order valence-electron chi connectivity index (χ3n) is 2.17. The molecular formula is C11H7N3O4S. The van der Waals surface area contributed by atoms with Crippen LogP contribution in [0.2, 0.25) is 0 Å². The van der Waals surface area contributed by atoms with Gasteiger partial charge < -0.3 is 0 Å². The summed E-state index contributed by atoms with van der Waals surface area (Å²) in [5.41, 5.74) is -0.837. The Morgan fingerprint density at radius 2 is 2.05 bits per heavy atom. The van der Waals surface area contributed by atoms with Gasteiger partial charge in [0.25, 0.3) is 11.8 Å². The smallest absolute Gasteiger partial charge is 0.286 e. The molecule has 96 valence electrons. The van der Waals surface area contributed by atoms with E-state index in [2.05, 4.69) is 10.3 Å². The zero-order valence-electron chi connectivity index (χ0n) is 9.40. The number of amides is 2. The standard InChI is InChI=1S/C11H7N3O4S/c15-10(8-4-2-6-19-8)13-11(16)9-7(14(17)18)3-1-5-12-9/h1-6H,(H,13,15,16). The summed E-state index contributed by atoms with van der Waals surface area (Å²) in [5.74, 6) is -1.51. The molecule has 2 rings (SSSR count). The van der Waals surface area contributed by atoms with Crippen molar-refractivity contribution in [3.8, 4) is 0 Å². The van der Waals surface area contributed by atoms with Crippen molar-refractivity contribution in [1.82, 2.24) is 10.3 Å². The minimum atomic E-state index is -0.897. The van der Waals surface area contributed by atoms with Crippen LogP contribution in [0.5, 0.6) is 0 Å². The molecule has 0 fully saturated rings. The number of hydrogen-bond donors (Lipinski definition) is 1. The molecule has 0 bridgehead atoms. The fraction of sp³-hybridized carbons (Fsp3) is 0. The molecule has 0 aromatic carbocycles. The van der Waals surface area contributed by atoms with Crippen LogP contribution in [-0.4, -0.2) is 21.7 Å². The van der Waals surface area contributed by atoms with Gasteiger partial charge in [-0.15, -0.1) is 11.3 Å². The van der Waals surface area contributed by atoms with Crippen LogP contribution in [-0.2, 0) is 0 Å². The SMILES string of the molecule is O=C(NC(=O)c1ncccc1[N+](=O)[O-])c1cccs1. The molecule has 7 nitrogen and oxygen atoms in total. The fourth-order valence-corrected chi connectivity index (χ4v) is 1.97. The van der Waals surface area contributed by atoms with Gasteiger partial charge in [0, 0.05) is 12.3 Å². The minimum absolute atomic E-state index is 0.340. The first-order valence-electron chi connectivity index (χ1n) is 5.08. The second kappa shape index (κ2) is 5.36. The topological polar surface area (TPSA) is 102 Å². The third kappa shape index (κ3) is 2.80. The molecule has 0 radical (unpaired) electrons. The van der Waals surface area contributed by atoms with E-state index < -0.39 is 28.1 Å². The quantitative estimate of drug-likeness (QED) is 0.521. The number of nitrogens with one attached hydrogen (secondary N) is 1. The Bertz CT molecular complexity index is 639. The summed E-state index contributed by atoms with van der Waals surface area (Å²) in [6.45, 7) is 0. The van der Waals surface area contributed by atoms with E-state index in [1.165, 1.54) is 12.3 Å². The number of nitro groups is 1. The molecule has 0 aliphatic carbocycles. The highest BCUT2D eigenvalue weighted by Gasteiger charge is 2.23. The average molecular weight is 277 g/mol. The van der Waals surface area contributed by atoms with Crippen LogP contribution in [0.3, 0.4) is 0 Å². The molecule has 0 aliphatic heterocycles. The second-order valence-corrected chi connectivity index (χ2v) is 4.34. The molecule has 0 saturated carbocycles. The van der Waals surface area contributed by atoms with Crippen LogP contribution in [0.15, 0.2) is 35.8 Å². The lowest BCUT2D eigenvalue weighted by atomic mass is 10.3. The van der Waals surface area contributed by atoms with E-state index in [-0.39, 0.29) is 0 Å². The van der Waals surface area contributed by atoms with Crippen molar-refractivity contribution in [3.05, 3.63) is 56.5 Å². The van der Waals surface area contributed by atoms with Gasteiger partial charge in [-0.1, -0.05) is 6.07 Å². The summed E-state index contributed by atoms with van der Waals surface area (Å²) in [6.07, 6.45) is 1.25. The zero-order valence-corrected chi connectivity index (χ0v) is 10.2. The maximum atomic E-state index is 11.8. The van der Waals surface area contributed by atoms with Gasteiger partial charge in [-0.05, 0) is 17.5 Å². The Labute approximate surface area is 111 Å². The van der Waals surface area contributed by atoms with Crippen LogP contribution < -0.4 is 5.32 Å². The predicted molar refractivity (Wildman–Crippen MR) is 67.0 cm³/mol. The van der Waals surface area contributed by atoms with E-state index in [1.807, 2.05) is 0 Å². The van der Waals surface area contributed by atoms with Crippen molar-refractivity contribution in [2.24, 2.45) is 0 Å². The maximum absolute atomic E-state index is 11.8. The van der Waals surface area contributed by atoms with Gasteiger partial charge in [0.15, 0.2) is 0 Å². The number of hydrogen-bond acceptors (Lipinski definition) is 6. The van der Waals surface area contributed by atoms with Gasteiger partial charge in [-0.2, -0.15) is 0 Å². The molecule has 0 aliphatic rings. The summed E-state index contributed by atoms with van der Waals surface area (Å²) < 4.78 is 0. The Kier molecular flexibility index (Phi) is 3.62. The molecule has 0 unspecified atom stereocenters. The first-order valence-corrected chi connectivity index (χ1v) is 5.96. The highest BCUT2D eigenvalue weighted by Crippen LogP contribution is 2.15. The summed E-state index contributed by atoms with van der Waals surface area (Å²) in [7, 11) is 0. The van der Waals surface area contributed by atoms with E-state index in [0.29, 0.717) is 4.88 Å². The van der Waals surface area contributed by atoms with E-state index in [4.69, 9.17) is 0 Å². The normalized spacial score (nSPS) is 9.89. The summed E-state index contributed by atoms with van der Waals surface area (Å²) in [6, 6.07) is 5.70. The van der Waals surface area contributed by atoms with Gasteiger partial charge in [-0.25, -0.2) is 4.98 Å². The average Bonchev–Trinajstić information content (AvgIpc) is 2.92. The van der Waals surface area contributed by atoms with Crippen LogP contribution in [0.4, 0.5) is 5.69 Å². The largest absolute Gasteiger partial charge is 0.300 e. The highest BCUT2D eigenvalue weighted by atomic mass is 32.1. The lowest BCUT2D eigenvalue weighted by Crippen LogP contribution is -2.31. The van der Waals surface area contributed by atoms with E-state index >= 15 is 0 Å². The number of imide groups is 1. The second-order valence-electron chi connectivity index (χ2n) is 3.39. The van der Waals surface area contributed by atoms with E-state index in [9.17, 15) is 19.7 Å². The number of thiophene rings is 1. The van der Waals surface area contributed by atoms with Crippen molar-refractivity contribution < 1.29 is 14.5 Å². The molecule has 0 saturated heterocycles. The molecule has 8 heteroatoms. The molecular weight excluding hydrogens is 270 g/mol. The van der Waals surface area contributed by atoms with Crippen LogP contribution in [0, 0.1) is 10.1 Å². The van der Waals surface area contributed by atoms with Gasteiger partial charge in [-0.3, -0.25) is 25.0 Å². The first-order chi connectivity index (χ1) is 9.09. The zero-order chi connectivity index (χ0) is 13.8. The number of aromatic nitrogens is 1. The van der Waals surface area contributed by atoms with Crippen LogP contribution in [0.1, 0.15) is 20.2 Å².